The van der Waals surface area contributed by atoms with Gasteiger partial charge < -0.3 is 10.5 Å². The van der Waals surface area contributed by atoms with Crippen LogP contribution in [0.25, 0.3) is 0 Å². The Balaban J connectivity index is 2.25. The smallest absolute Gasteiger partial charge is 0.406 e. The summed E-state index contributed by atoms with van der Waals surface area (Å²) in [5, 5.41) is 0. The molecule has 1 aromatic carbocycles. The molecule has 0 spiro atoms. The maximum absolute atomic E-state index is 12.2. The molecule has 7 heteroatoms. The van der Waals surface area contributed by atoms with Crippen molar-refractivity contribution in [2.24, 2.45) is 5.73 Å². The van der Waals surface area contributed by atoms with Crippen LogP contribution in [0.5, 0.6) is 5.75 Å². The molecule has 1 amide bonds. The minimum Gasteiger partial charge on any atom is -0.406 e. The largest absolute Gasteiger partial charge is 0.573 e. The number of hydrogen-bond donors (Lipinski definition) is 1. The quantitative estimate of drug-likeness (QED) is 0.943. The van der Waals surface area contributed by atoms with Crippen LogP contribution in [0.3, 0.4) is 0 Å². The first-order valence-corrected chi connectivity index (χ1v) is 5.92. The van der Waals surface area contributed by atoms with E-state index in [1.54, 1.807) is 6.07 Å². The van der Waals surface area contributed by atoms with Gasteiger partial charge in [-0.15, -0.1) is 13.2 Å². The van der Waals surface area contributed by atoms with Crippen LogP contribution in [-0.4, -0.2) is 17.3 Å². The van der Waals surface area contributed by atoms with Crippen molar-refractivity contribution in [2.75, 3.05) is 0 Å². The second kappa shape index (κ2) is 5.82. The second-order valence-electron chi connectivity index (χ2n) is 4.27. The number of nitrogens with two attached hydrogens (primary N) is 1. The van der Waals surface area contributed by atoms with Crippen LogP contribution in [-0.2, 0) is 6.42 Å². The lowest BCUT2D eigenvalue weighted by atomic mass is 10.0. The van der Waals surface area contributed by atoms with Gasteiger partial charge >= 0.3 is 6.36 Å². The number of carbonyl (C=O) groups excluding carboxylic acids is 1. The Hall–Kier alpha value is -2.57. The van der Waals surface area contributed by atoms with E-state index in [4.69, 9.17) is 5.73 Å². The number of carbonyl (C=O) groups is 1. The van der Waals surface area contributed by atoms with E-state index in [1.165, 1.54) is 36.7 Å². The third kappa shape index (κ3) is 4.20. The van der Waals surface area contributed by atoms with E-state index >= 15 is 0 Å². The summed E-state index contributed by atoms with van der Waals surface area (Å²) in [6.45, 7) is 0. The molecule has 0 unspecified atom stereocenters. The first kappa shape index (κ1) is 14.8. The normalized spacial score (nSPS) is 11.2. The second-order valence-corrected chi connectivity index (χ2v) is 4.27. The number of aromatic nitrogens is 1. The van der Waals surface area contributed by atoms with Gasteiger partial charge in [-0.05, 0) is 35.7 Å². The summed E-state index contributed by atoms with van der Waals surface area (Å²) in [6, 6.07) is 6.99. The number of hydrogen-bond acceptors (Lipinski definition) is 3. The van der Waals surface area contributed by atoms with Gasteiger partial charge in [0, 0.05) is 18.0 Å². The Labute approximate surface area is 118 Å². The molecule has 21 heavy (non-hydrogen) atoms. The number of pyridine rings is 1. The number of benzene rings is 1. The van der Waals surface area contributed by atoms with E-state index in [0.717, 1.165) is 0 Å². The molecule has 0 radical (unpaired) electrons. The zero-order valence-corrected chi connectivity index (χ0v) is 10.7. The predicted molar refractivity (Wildman–Crippen MR) is 68.7 cm³/mol. The topological polar surface area (TPSA) is 65.2 Å². The van der Waals surface area contributed by atoms with Crippen molar-refractivity contribution < 1.29 is 22.7 Å². The zero-order chi connectivity index (χ0) is 15.5. The molecular formula is C14H11F3N2O2. The van der Waals surface area contributed by atoms with Crippen LogP contribution < -0.4 is 10.5 Å². The summed E-state index contributed by atoms with van der Waals surface area (Å²) < 4.78 is 40.4. The highest BCUT2D eigenvalue weighted by atomic mass is 19.4. The van der Waals surface area contributed by atoms with Gasteiger partial charge in [-0.2, -0.15) is 0 Å². The summed E-state index contributed by atoms with van der Waals surface area (Å²) >= 11 is 0. The third-order valence-electron chi connectivity index (χ3n) is 2.70. The van der Waals surface area contributed by atoms with Gasteiger partial charge in [-0.25, -0.2) is 0 Å². The van der Waals surface area contributed by atoms with Crippen LogP contribution in [0.2, 0.25) is 0 Å². The number of halogens is 3. The lowest BCUT2D eigenvalue weighted by Crippen LogP contribution is -2.17. The minimum atomic E-state index is -4.74. The molecule has 2 N–H and O–H groups in total. The summed E-state index contributed by atoms with van der Waals surface area (Å²) in [5.74, 6) is -0.931. The fourth-order valence-corrected chi connectivity index (χ4v) is 1.88. The Morgan fingerprint density at radius 3 is 2.71 bits per heavy atom. The van der Waals surface area contributed by atoms with Crippen LogP contribution in [0.4, 0.5) is 13.2 Å². The highest BCUT2D eigenvalue weighted by Crippen LogP contribution is 2.24. The van der Waals surface area contributed by atoms with Crippen molar-refractivity contribution in [3.05, 3.63) is 59.4 Å². The van der Waals surface area contributed by atoms with Gasteiger partial charge in [0.15, 0.2) is 0 Å². The summed E-state index contributed by atoms with van der Waals surface area (Å²) in [6.07, 6.45) is -1.64. The minimum absolute atomic E-state index is 0.223. The summed E-state index contributed by atoms with van der Waals surface area (Å²) in [4.78, 5) is 15.2. The van der Waals surface area contributed by atoms with Crippen molar-refractivity contribution in [1.29, 1.82) is 0 Å². The van der Waals surface area contributed by atoms with Crippen molar-refractivity contribution in [1.82, 2.24) is 4.98 Å². The van der Waals surface area contributed by atoms with E-state index in [0.29, 0.717) is 11.1 Å². The maximum Gasteiger partial charge on any atom is 0.573 e. The van der Waals surface area contributed by atoms with Gasteiger partial charge in [-0.1, -0.05) is 12.1 Å². The molecule has 110 valence electrons. The molecule has 0 aliphatic heterocycles. The highest BCUT2D eigenvalue weighted by Gasteiger charge is 2.31. The zero-order valence-electron chi connectivity index (χ0n) is 10.7. The van der Waals surface area contributed by atoms with E-state index in [2.05, 4.69) is 9.72 Å². The van der Waals surface area contributed by atoms with Crippen molar-refractivity contribution in [3.63, 3.8) is 0 Å². The third-order valence-corrected chi connectivity index (χ3v) is 2.70. The molecule has 0 aliphatic rings. The van der Waals surface area contributed by atoms with Gasteiger partial charge in [0.1, 0.15) is 5.75 Å². The molecule has 0 atom stereocenters. The van der Waals surface area contributed by atoms with Gasteiger partial charge in [0.25, 0.3) is 0 Å². The highest BCUT2D eigenvalue weighted by molar-refractivity contribution is 5.94. The summed E-state index contributed by atoms with van der Waals surface area (Å²) in [5.41, 5.74) is 6.61. The number of amides is 1. The standard InChI is InChI=1S/C14H11F3N2O2/c15-14(16,17)21-11-3-1-2-9(7-11)6-10-8-19-5-4-12(10)13(18)20/h1-5,7-8H,6H2,(H2,18,20). The number of nitrogens with zero attached hydrogens (tertiary/aromatic N) is 1. The number of rotatable bonds is 4. The van der Waals surface area contributed by atoms with Crippen molar-refractivity contribution >= 4 is 5.91 Å². The molecule has 0 saturated carbocycles. The van der Waals surface area contributed by atoms with Crippen LogP contribution in [0.15, 0.2) is 42.7 Å². The fraction of sp³-hybridized carbons (Fsp3) is 0.143. The lowest BCUT2D eigenvalue weighted by molar-refractivity contribution is -0.274. The molecule has 4 nitrogen and oxygen atoms in total. The Bertz CT molecular complexity index is 657. The average molecular weight is 296 g/mol. The Kier molecular flexibility index (Phi) is 4.11. The van der Waals surface area contributed by atoms with Gasteiger partial charge in [0.05, 0.1) is 0 Å². The molecule has 0 fully saturated rings. The molecule has 0 saturated heterocycles. The molecule has 1 heterocycles. The molecule has 2 rings (SSSR count). The number of primary amides is 1. The SMILES string of the molecule is NC(=O)c1ccncc1Cc1cccc(OC(F)(F)F)c1. The Morgan fingerprint density at radius 1 is 1.29 bits per heavy atom. The fourth-order valence-electron chi connectivity index (χ4n) is 1.88. The van der Waals surface area contributed by atoms with E-state index in [1.807, 2.05) is 0 Å². The Morgan fingerprint density at radius 2 is 2.05 bits per heavy atom. The molecule has 0 aliphatic carbocycles. The molecule has 2 aromatic rings. The first-order valence-electron chi connectivity index (χ1n) is 5.92. The van der Waals surface area contributed by atoms with Crippen LogP contribution in [0.1, 0.15) is 21.5 Å². The molecule has 0 bridgehead atoms. The van der Waals surface area contributed by atoms with Gasteiger partial charge in [0.2, 0.25) is 5.91 Å². The van der Waals surface area contributed by atoms with E-state index < -0.39 is 12.3 Å². The van der Waals surface area contributed by atoms with Crippen molar-refractivity contribution in [3.8, 4) is 5.75 Å². The lowest BCUT2D eigenvalue weighted by Gasteiger charge is -2.10. The van der Waals surface area contributed by atoms with E-state index in [9.17, 15) is 18.0 Å². The van der Waals surface area contributed by atoms with Gasteiger partial charge in [-0.3, -0.25) is 9.78 Å². The summed E-state index contributed by atoms with van der Waals surface area (Å²) in [7, 11) is 0. The first-order chi connectivity index (χ1) is 9.85. The predicted octanol–water partition coefficient (Wildman–Crippen LogP) is 2.67. The van der Waals surface area contributed by atoms with Crippen LogP contribution in [0, 0.1) is 0 Å². The maximum atomic E-state index is 12.2. The van der Waals surface area contributed by atoms with E-state index in [-0.39, 0.29) is 17.7 Å². The number of alkyl halides is 3. The van der Waals surface area contributed by atoms with Crippen molar-refractivity contribution in [2.45, 2.75) is 12.8 Å². The molecular weight excluding hydrogens is 285 g/mol. The average Bonchev–Trinajstić information content (AvgIpc) is 2.37. The van der Waals surface area contributed by atoms with Crippen LogP contribution >= 0.6 is 0 Å². The number of ether oxygens (including phenoxy) is 1. The molecule has 1 aromatic heterocycles. The monoisotopic (exact) mass is 296 g/mol.